The lowest BCUT2D eigenvalue weighted by molar-refractivity contribution is -0.0494. The van der Waals surface area contributed by atoms with Gasteiger partial charge in [-0.25, -0.2) is 4.79 Å². The number of nitrogens with zero attached hydrogens (tertiary/aromatic N) is 2. The van der Waals surface area contributed by atoms with Crippen molar-refractivity contribution in [3.63, 3.8) is 0 Å². The highest BCUT2D eigenvalue weighted by Gasteiger charge is 2.49. The average Bonchev–Trinajstić information content (AvgIpc) is 2.94. The number of rotatable bonds is 3. The van der Waals surface area contributed by atoms with Crippen LogP contribution >= 0.6 is 0 Å². The molecule has 0 bridgehead atoms. The van der Waals surface area contributed by atoms with E-state index >= 15 is 0 Å². The Morgan fingerprint density at radius 1 is 1.52 bits per heavy atom. The summed E-state index contributed by atoms with van der Waals surface area (Å²) in [6, 6.07) is 2.43. The summed E-state index contributed by atoms with van der Waals surface area (Å²) < 4.78 is 5.62. The molecule has 1 saturated carbocycles. The molecule has 2 N–H and O–H groups in total. The van der Waals surface area contributed by atoms with Crippen LogP contribution < -0.4 is 5.32 Å². The fourth-order valence-electron chi connectivity index (χ4n) is 3.67. The van der Waals surface area contributed by atoms with E-state index in [0.717, 1.165) is 44.5 Å². The van der Waals surface area contributed by atoms with Crippen LogP contribution in [0.3, 0.4) is 0 Å². The van der Waals surface area contributed by atoms with Crippen LogP contribution in [0.4, 0.5) is 4.79 Å². The minimum absolute atomic E-state index is 0.00619. The minimum Gasteiger partial charge on any atom is -0.444 e. The summed E-state index contributed by atoms with van der Waals surface area (Å²) in [7, 11) is 0. The first-order valence-corrected chi connectivity index (χ1v) is 8.60. The average molecular weight is 320 g/mol. The predicted octanol–water partition coefficient (Wildman–Crippen LogP) is 2.82. The number of likely N-dealkylation sites (tertiary alicyclic amines) is 1. The number of aromatic nitrogens is 2. The summed E-state index contributed by atoms with van der Waals surface area (Å²) in [5, 5.41) is 10.6. The van der Waals surface area contributed by atoms with Crippen molar-refractivity contribution in [3.8, 4) is 0 Å². The third kappa shape index (κ3) is 3.68. The zero-order chi connectivity index (χ0) is 16.5. The predicted molar refractivity (Wildman–Crippen MR) is 88.0 cm³/mol. The number of H-pyrrole nitrogens is 1. The van der Waals surface area contributed by atoms with Gasteiger partial charge in [-0.05, 0) is 58.9 Å². The molecule has 1 aromatic rings. The van der Waals surface area contributed by atoms with Crippen LogP contribution in [-0.2, 0) is 11.3 Å². The summed E-state index contributed by atoms with van der Waals surface area (Å²) in [6.45, 7) is 7.36. The van der Waals surface area contributed by atoms with E-state index in [4.69, 9.17) is 4.74 Å². The first-order valence-electron chi connectivity index (χ1n) is 8.60. The van der Waals surface area contributed by atoms with E-state index < -0.39 is 5.60 Å². The van der Waals surface area contributed by atoms with Crippen molar-refractivity contribution in [2.45, 2.75) is 76.6 Å². The number of carbonyl (C=O) groups is 1. The standard InChI is InChI=1S/C17H28N4O2/c1-16(2,3)23-15(22)21-10-6-13(11-17(21)7-4-8-17)18-12-14-5-9-19-20-14/h5,9,13,18H,4,6-8,10-12H2,1-3H3,(H,19,20). The van der Waals surface area contributed by atoms with E-state index in [1.807, 2.05) is 31.7 Å². The monoisotopic (exact) mass is 320 g/mol. The Balaban J connectivity index is 1.59. The van der Waals surface area contributed by atoms with Gasteiger partial charge in [0.2, 0.25) is 0 Å². The Morgan fingerprint density at radius 3 is 2.87 bits per heavy atom. The molecule has 1 unspecified atom stereocenters. The number of ether oxygens (including phenoxy) is 1. The molecule has 0 aromatic carbocycles. The van der Waals surface area contributed by atoms with Gasteiger partial charge in [-0.3, -0.25) is 5.10 Å². The largest absolute Gasteiger partial charge is 0.444 e. The molecule has 1 aliphatic heterocycles. The normalized spacial score (nSPS) is 23.6. The molecular formula is C17H28N4O2. The van der Waals surface area contributed by atoms with Gasteiger partial charge in [-0.2, -0.15) is 5.10 Å². The van der Waals surface area contributed by atoms with Gasteiger partial charge in [0.05, 0.1) is 0 Å². The number of nitrogens with one attached hydrogen (secondary N) is 2. The zero-order valence-electron chi connectivity index (χ0n) is 14.4. The minimum atomic E-state index is -0.433. The second kappa shape index (κ2) is 6.15. The maximum absolute atomic E-state index is 12.5. The highest BCUT2D eigenvalue weighted by atomic mass is 16.6. The first-order chi connectivity index (χ1) is 10.9. The van der Waals surface area contributed by atoms with Gasteiger partial charge in [-0.15, -0.1) is 0 Å². The van der Waals surface area contributed by atoms with Gasteiger partial charge in [0.25, 0.3) is 0 Å². The number of amides is 1. The van der Waals surface area contributed by atoms with Gasteiger partial charge >= 0.3 is 6.09 Å². The topological polar surface area (TPSA) is 70.2 Å². The third-order valence-electron chi connectivity index (χ3n) is 4.94. The van der Waals surface area contributed by atoms with Crippen molar-refractivity contribution in [2.24, 2.45) is 0 Å². The molecule has 3 rings (SSSR count). The smallest absolute Gasteiger partial charge is 0.410 e. The zero-order valence-corrected chi connectivity index (χ0v) is 14.4. The maximum Gasteiger partial charge on any atom is 0.410 e. The van der Waals surface area contributed by atoms with Gasteiger partial charge in [-0.1, -0.05) is 0 Å². The van der Waals surface area contributed by atoms with Gasteiger partial charge in [0.15, 0.2) is 0 Å². The highest BCUT2D eigenvalue weighted by Crippen LogP contribution is 2.45. The Hall–Kier alpha value is -1.56. The Kier molecular flexibility index (Phi) is 4.36. The molecule has 2 heterocycles. The van der Waals surface area contributed by atoms with Crippen molar-refractivity contribution < 1.29 is 9.53 Å². The number of hydrogen-bond donors (Lipinski definition) is 2. The molecule has 6 nitrogen and oxygen atoms in total. The van der Waals surface area contributed by atoms with Crippen LogP contribution in [0.1, 0.15) is 58.6 Å². The molecule has 2 aliphatic rings. The maximum atomic E-state index is 12.5. The van der Waals surface area contributed by atoms with Crippen LogP contribution in [0.2, 0.25) is 0 Å². The first kappa shape index (κ1) is 16.3. The summed E-state index contributed by atoms with van der Waals surface area (Å²) in [4.78, 5) is 14.5. The molecule has 2 fully saturated rings. The van der Waals surface area contributed by atoms with E-state index in [-0.39, 0.29) is 11.6 Å². The number of carbonyl (C=O) groups excluding carboxylic acids is 1. The van der Waals surface area contributed by atoms with Crippen LogP contribution in [0, 0.1) is 0 Å². The molecule has 128 valence electrons. The molecule has 1 spiro atoms. The number of piperidine rings is 1. The molecule has 1 amide bonds. The van der Waals surface area contributed by atoms with Crippen LogP contribution in [-0.4, -0.2) is 44.9 Å². The Morgan fingerprint density at radius 2 is 2.30 bits per heavy atom. The molecule has 1 saturated heterocycles. The van der Waals surface area contributed by atoms with Crippen LogP contribution in [0.15, 0.2) is 12.3 Å². The molecule has 0 radical (unpaired) electrons. The van der Waals surface area contributed by atoms with Gasteiger partial charge < -0.3 is 15.0 Å². The van der Waals surface area contributed by atoms with Crippen molar-refractivity contribution in [3.05, 3.63) is 18.0 Å². The van der Waals surface area contributed by atoms with Gasteiger partial charge in [0, 0.05) is 36.6 Å². The fourth-order valence-corrected chi connectivity index (χ4v) is 3.67. The van der Waals surface area contributed by atoms with E-state index in [9.17, 15) is 4.79 Å². The van der Waals surface area contributed by atoms with Crippen molar-refractivity contribution in [1.29, 1.82) is 0 Å². The molecule has 23 heavy (non-hydrogen) atoms. The molecule has 1 aliphatic carbocycles. The summed E-state index contributed by atoms with van der Waals surface area (Å²) in [5.41, 5.74) is 0.673. The molecule has 6 heteroatoms. The SMILES string of the molecule is CC(C)(C)OC(=O)N1CCC(NCc2ccn[nH]2)CC12CCC2. The Bertz CT molecular complexity index is 531. The summed E-state index contributed by atoms with van der Waals surface area (Å²) >= 11 is 0. The highest BCUT2D eigenvalue weighted by molar-refractivity contribution is 5.69. The quantitative estimate of drug-likeness (QED) is 0.898. The van der Waals surface area contributed by atoms with E-state index in [2.05, 4.69) is 15.5 Å². The van der Waals surface area contributed by atoms with Crippen LogP contribution in [0.25, 0.3) is 0 Å². The number of aromatic amines is 1. The van der Waals surface area contributed by atoms with E-state index in [0.29, 0.717) is 6.04 Å². The van der Waals surface area contributed by atoms with Crippen molar-refractivity contribution >= 4 is 6.09 Å². The third-order valence-corrected chi connectivity index (χ3v) is 4.94. The Labute approximate surface area is 138 Å². The summed E-state index contributed by atoms with van der Waals surface area (Å²) in [6.07, 6.45) is 6.99. The van der Waals surface area contributed by atoms with Crippen molar-refractivity contribution in [2.75, 3.05) is 6.54 Å². The van der Waals surface area contributed by atoms with E-state index in [1.54, 1.807) is 6.20 Å². The lowest BCUT2D eigenvalue weighted by Crippen LogP contribution is -2.63. The molecular weight excluding hydrogens is 292 g/mol. The van der Waals surface area contributed by atoms with Crippen LogP contribution in [0.5, 0.6) is 0 Å². The summed E-state index contributed by atoms with van der Waals surface area (Å²) in [5.74, 6) is 0. The molecule has 1 aromatic heterocycles. The second-order valence-corrected chi connectivity index (χ2v) is 7.86. The van der Waals surface area contributed by atoms with Gasteiger partial charge in [0.1, 0.15) is 5.60 Å². The van der Waals surface area contributed by atoms with E-state index in [1.165, 1.54) is 6.42 Å². The second-order valence-electron chi connectivity index (χ2n) is 7.86. The number of hydrogen-bond acceptors (Lipinski definition) is 4. The lowest BCUT2D eigenvalue weighted by atomic mass is 9.69. The van der Waals surface area contributed by atoms with Crippen molar-refractivity contribution in [1.82, 2.24) is 20.4 Å². The molecule has 1 atom stereocenters. The lowest BCUT2D eigenvalue weighted by Gasteiger charge is -2.54. The fraction of sp³-hybridized carbons (Fsp3) is 0.765.